The van der Waals surface area contributed by atoms with Crippen molar-refractivity contribution in [3.63, 3.8) is 0 Å². The Morgan fingerprint density at radius 3 is 0.885 bits per heavy atom. The van der Waals surface area contributed by atoms with Crippen LogP contribution in [0.25, 0.3) is 0 Å². The van der Waals surface area contributed by atoms with Crippen molar-refractivity contribution < 1.29 is 77.5 Å². The predicted octanol–water partition coefficient (Wildman–Crippen LogP) is 18.1. The molecule has 0 amide bonds. The fraction of sp³-hybridized carbons (Fsp3) is 0.621. The summed E-state index contributed by atoms with van der Waals surface area (Å²) >= 11 is 0. The van der Waals surface area contributed by atoms with Gasteiger partial charge in [-0.15, -0.1) is 0 Å². The molecular formula is C116H160N16O16. The van der Waals surface area contributed by atoms with Crippen LogP contribution in [0.4, 0.5) is 23.3 Å². The van der Waals surface area contributed by atoms with Crippen LogP contribution in [0.1, 0.15) is 333 Å². The molecule has 12 atom stereocenters. The summed E-state index contributed by atoms with van der Waals surface area (Å²) in [5.41, 5.74) is 15.9. The first-order valence-corrected chi connectivity index (χ1v) is 55.7. The SMILES string of the molecule is CC1(C)CC(c2ncccc2[C@@H](C(=O)O)N2CC[C@@H](OCCCCc3ccc4c(n3)NCCC4)C2)CCO1.CC1(C)CC(c2ncccc2[C@H](C(=O)O)N2CC[C@@H](OCCCCc3ccc4c(n3)NCCC4)C2)CCO1.O=C(O)[C@@H](c1cccnc1C1CCCCO1)N1CC[C@@H](OCCCCc2ccc3c(n2)NCCC3)C1.O=C(O)[C@H](c1cccnc1C1CCCCO1)N1CC[C@@H](OCCCCc2ccc3c(n2)NCCC3)C1. The number of hydrogen-bond donors (Lipinski definition) is 8. The van der Waals surface area contributed by atoms with E-state index in [-0.39, 0.29) is 59.7 Å². The van der Waals surface area contributed by atoms with Gasteiger partial charge in [0.25, 0.3) is 0 Å². The molecule has 4 unspecified atom stereocenters. The minimum absolute atomic E-state index is 0.0592. The van der Waals surface area contributed by atoms with Gasteiger partial charge in [-0.1, -0.05) is 48.5 Å². The highest BCUT2D eigenvalue weighted by atomic mass is 16.5. The highest BCUT2D eigenvalue weighted by molar-refractivity contribution is 5.78. The number of aliphatic carboxylic acids is 4. The zero-order valence-corrected chi connectivity index (χ0v) is 87.7. The van der Waals surface area contributed by atoms with E-state index in [9.17, 15) is 39.6 Å². The summed E-state index contributed by atoms with van der Waals surface area (Å²) < 4.78 is 48.4. The van der Waals surface area contributed by atoms with Gasteiger partial charge in [0, 0.05) is 224 Å². The van der Waals surface area contributed by atoms with Crippen LogP contribution in [0.2, 0.25) is 0 Å². The maximum Gasteiger partial charge on any atom is 0.325 e. The number of aromatic nitrogens is 8. The number of carboxylic acids is 4. The van der Waals surface area contributed by atoms with E-state index in [1.54, 1.807) is 24.8 Å². The van der Waals surface area contributed by atoms with Crippen molar-refractivity contribution >= 4 is 47.1 Å². The van der Waals surface area contributed by atoms with Crippen molar-refractivity contribution in [2.24, 2.45) is 0 Å². The van der Waals surface area contributed by atoms with E-state index in [1.165, 1.54) is 47.9 Å². The Kier molecular flexibility index (Phi) is 39.9. The number of likely N-dealkylation sites (tertiary alicyclic amines) is 4. The molecule has 0 aliphatic carbocycles. The number of nitrogens with zero attached hydrogens (tertiary/aromatic N) is 12. The van der Waals surface area contributed by atoms with Crippen LogP contribution in [-0.4, -0.2) is 271 Å². The molecule has 0 spiro atoms. The fourth-order valence-electron chi connectivity index (χ4n) is 23.8. The van der Waals surface area contributed by atoms with Gasteiger partial charge in [0.05, 0.1) is 59.2 Å². The van der Waals surface area contributed by atoms with Crippen LogP contribution in [-0.2, 0) is 108 Å². The molecule has 12 aliphatic rings. The fourth-order valence-corrected chi connectivity index (χ4v) is 23.8. The van der Waals surface area contributed by atoms with E-state index in [4.69, 9.17) is 67.8 Å². The molecule has 8 fully saturated rings. The third kappa shape index (κ3) is 30.2. The number of unbranched alkanes of at least 4 members (excludes halogenated alkanes) is 4. The van der Waals surface area contributed by atoms with Crippen molar-refractivity contribution in [3.8, 4) is 0 Å². The lowest BCUT2D eigenvalue weighted by atomic mass is 9.83. The quantitative estimate of drug-likeness (QED) is 0.0165. The maximum absolute atomic E-state index is 12.5. The topological polar surface area (TPSA) is 387 Å². The van der Waals surface area contributed by atoms with Crippen molar-refractivity contribution in [1.29, 1.82) is 0 Å². The predicted molar refractivity (Wildman–Crippen MR) is 567 cm³/mol. The Bertz CT molecular complexity index is 5280. The molecule has 8 N–H and O–H groups in total. The lowest BCUT2D eigenvalue weighted by Gasteiger charge is -2.36. The second kappa shape index (κ2) is 54.2. The summed E-state index contributed by atoms with van der Waals surface area (Å²) in [7, 11) is 0. The lowest BCUT2D eigenvalue weighted by Crippen LogP contribution is -2.36. The van der Waals surface area contributed by atoms with E-state index in [2.05, 4.69) is 117 Å². The number of hydrogen-bond acceptors (Lipinski definition) is 28. The number of rotatable bonds is 40. The summed E-state index contributed by atoms with van der Waals surface area (Å²) in [4.78, 5) is 95.7. The van der Waals surface area contributed by atoms with Crippen molar-refractivity contribution in [2.45, 2.75) is 330 Å². The molecule has 148 heavy (non-hydrogen) atoms. The van der Waals surface area contributed by atoms with Crippen LogP contribution in [0.5, 0.6) is 0 Å². The number of anilines is 4. The van der Waals surface area contributed by atoms with Gasteiger partial charge in [-0.25, -0.2) is 19.9 Å². The van der Waals surface area contributed by atoms with Gasteiger partial charge in [0.1, 0.15) is 47.4 Å². The zero-order chi connectivity index (χ0) is 103. The Morgan fingerprint density at radius 1 is 0.345 bits per heavy atom. The largest absolute Gasteiger partial charge is 0.480 e. The first-order valence-electron chi connectivity index (χ1n) is 55.7. The summed E-state index contributed by atoms with van der Waals surface area (Å²) in [6.45, 7) is 23.2. The minimum Gasteiger partial charge on any atom is -0.480 e. The molecule has 32 nitrogen and oxygen atoms in total. The molecule has 0 saturated carbocycles. The molecule has 12 aliphatic heterocycles. The normalized spacial score (nSPS) is 23.5. The molecule has 0 bridgehead atoms. The van der Waals surface area contributed by atoms with E-state index < -0.39 is 48.0 Å². The summed E-state index contributed by atoms with van der Waals surface area (Å²) in [5, 5.41) is 54.5. The number of aryl methyl sites for hydroxylation is 8. The summed E-state index contributed by atoms with van der Waals surface area (Å²) in [6.07, 6.45) is 40.8. The number of nitrogens with one attached hydrogen (secondary N) is 4. The van der Waals surface area contributed by atoms with E-state index in [0.717, 1.165) is 310 Å². The van der Waals surface area contributed by atoms with Crippen LogP contribution in [0.3, 0.4) is 0 Å². The molecular weight excluding hydrogens is 1870 g/mol. The van der Waals surface area contributed by atoms with Crippen LogP contribution < -0.4 is 21.3 Å². The van der Waals surface area contributed by atoms with Crippen LogP contribution in [0, 0.1) is 0 Å². The van der Waals surface area contributed by atoms with Gasteiger partial charge < -0.3 is 79.6 Å². The Balaban J connectivity index is 0.000000135. The van der Waals surface area contributed by atoms with E-state index in [0.29, 0.717) is 105 Å². The highest BCUT2D eigenvalue weighted by Gasteiger charge is 2.44. The van der Waals surface area contributed by atoms with Gasteiger partial charge in [-0.3, -0.25) is 58.7 Å². The van der Waals surface area contributed by atoms with E-state index in [1.807, 2.05) is 58.3 Å². The Labute approximate surface area is 873 Å². The standard InChI is InChI=1S/2C30H42N4O4.2C28H38N4O4/c2*1-30(2)19-22(13-18-38-30)26-25(9-6-14-31-26)27(29(35)36)34-16-12-24(20-34)37-17-4-3-8-23-11-10-21-7-5-15-32-28(21)33-23;2*33-28(34)26(23-9-6-14-29-25(23)24-10-2-4-18-36-24)32-16-13-22(19-32)35-17-3-1-8-21-12-11-20-7-5-15-30-27(20)31-21/h2*6,9-11,14,22,24,27H,3-5,7-8,12-13,15-20H2,1-2H3,(H,32,33)(H,35,36);2*6,9,11-12,14,22,24,26H,1-5,7-8,10,13,15-19H2,(H,30,31)(H,33,34)/t22?,24-,27+;22?,24-,27-;22-,24?,26+;22-,24?,26-/m1111/s1. The first kappa shape index (κ1) is 109. The molecule has 0 aromatic carbocycles. The minimum atomic E-state index is -0.840. The van der Waals surface area contributed by atoms with Gasteiger partial charge >= 0.3 is 23.9 Å². The molecule has 8 aromatic rings. The second-order valence-electron chi connectivity index (χ2n) is 43.5. The van der Waals surface area contributed by atoms with Gasteiger partial charge in [0.15, 0.2) is 0 Å². The van der Waals surface area contributed by atoms with Crippen molar-refractivity contribution in [2.75, 3.05) is 153 Å². The average Bonchev–Trinajstić information content (AvgIpc) is 1.31. The molecule has 0 radical (unpaired) electrons. The van der Waals surface area contributed by atoms with Gasteiger partial charge in [-0.05, 0) is 317 Å². The summed E-state index contributed by atoms with van der Waals surface area (Å²) in [5.74, 6) is 1.31. The monoisotopic (exact) mass is 2030 g/mol. The molecule has 20 rings (SSSR count). The van der Waals surface area contributed by atoms with Gasteiger partial charge in [-0.2, -0.15) is 0 Å². The third-order valence-electron chi connectivity index (χ3n) is 31.4. The Morgan fingerprint density at radius 2 is 0.622 bits per heavy atom. The van der Waals surface area contributed by atoms with Crippen molar-refractivity contribution in [3.05, 3.63) is 212 Å². The molecule has 8 saturated heterocycles. The Hall–Kier alpha value is -10.2. The highest BCUT2D eigenvalue weighted by Crippen LogP contribution is 2.45. The van der Waals surface area contributed by atoms with Crippen molar-refractivity contribution in [1.82, 2.24) is 59.5 Å². The smallest absolute Gasteiger partial charge is 0.325 e. The van der Waals surface area contributed by atoms with Crippen LogP contribution in [0.15, 0.2) is 122 Å². The maximum atomic E-state index is 12.5. The molecule has 32 heteroatoms. The molecule has 20 heterocycles. The number of carbonyl (C=O) groups is 4. The number of ether oxygens (including phenoxy) is 8. The second-order valence-corrected chi connectivity index (χ2v) is 43.5. The number of carboxylic acid groups (broad SMARTS) is 4. The molecule has 800 valence electrons. The summed E-state index contributed by atoms with van der Waals surface area (Å²) in [6, 6.07) is 29.7. The number of pyridine rings is 8. The van der Waals surface area contributed by atoms with Gasteiger partial charge in [0.2, 0.25) is 0 Å². The zero-order valence-electron chi connectivity index (χ0n) is 87.7. The average molecular weight is 2030 g/mol. The first-order chi connectivity index (χ1) is 72.2. The third-order valence-corrected chi connectivity index (χ3v) is 31.4. The lowest BCUT2D eigenvalue weighted by molar-refractivity contribution is -0.144. The van der Waals surface area contributed by atoms with E-state index >= 15 is 0 Å². The molecule has 8 aromatic heterocycles. The number of fused-ring (bicyclic) bond motifs is 4. The van der Waals surface area contributed by atoms with Crippen LogP contribution >= 0.6 is 0 Å².